The molecule has 124 valence electrons. The van der Waals surface area contributed by atoms with E-state index in [1.807, 2.05) is 6.07 Å². The molecule has 0 radical (unpaired) electrons. The van der Waals surface area contributed by atoms with E-state index in [0.717, 1.165) is 22.8 Å². The van der Waals surface area contributed by atoms with Crippen LogP contribution in [0, 0.1) is 5.82 Å². The second-order valence-electron chi connectivity index (χ2n) is 5.62. The summed E-state index contributed by atoms with van der Waals surface area (Å²) in [6.07, 6.45) is 2.45. The minimum atomic E-state index is -0.312. The van der Waals surface area contributed by atoms with Crippen molar-refractivity contribution in [2.45, 2.75) is 13.3 Å². The largest absolute Gasteiger partial charge is 0.338 e. The zero-order chi connectivity index (χ0) is 17.2. The minimum absolute atomic E-state index is 0.266. The average molecular weight is 334 g/mol. The lowest BCUT2D eigenvalue weighted by molar-refractivity contribution is 0.627. The third kappa shape index (κ3) is 3.03. The molecule has 4 rings (SSSR count). The molecule has 25 heavy (non-hydrogen) atoms. The number of fused-ring (bicyclic) bond motifs is 3. The van der Waals surface area contributed by atoms with Gasteiger partial charge in [0, 0.05) is 10.9 Å². The van der Waals surface area contributed by atoms with Crippen LogP contribution in [0.25, 0.3) is 22.1 Å². The molecule has 4 aromatic rings. The fraction of sp³-hybridized carbons (Fsp3) is 0.111. The average Bonchev–Trinajstić information content (AvgIpc) is 2.98. The van der Waals surface area contributed by atoms with Crippen LogP contribution in [0.15, 0.2) is 47.6 Å². The number of nitrogens with zero attached hydrogens (tertiary/aromatic N) is 4. The van der Waals surface area contributed by atoms with Crippen LogP contribution in [-0.4, -0.2) is 26.4 Å². The molecule has 0 fully saturated rings. The monoisotopic (exact) mass is 334 g/mol. The zero-order valence-corrected chi connectivity index (χ0v) is 13.5. The number of rotatable bonds is 4. The Kier molecular flexibility index (Phi) is 3.81. The summed E-state index contributed by atoms with van der Waals surface area (Å²) in [5.74, 6) is -0.0461. The summed E-state index contributed by atoms with van der Waals surface area (Å²) in [5, 5.41) is 13.3. The van der Waals surface area contributed by atoms with Crippen molar-refractivity contribution < 1.29 is 4.39 Å². The number of hydrogen-bond acceptors (Lipinski definition) is 5. The van der Waals surface area contributed by atoms with Crippen LogP contribution in [0.1, 0.15) is 18.1 Å². The second kappa shape index (κ2) is 6.27. The van der Waals surface area contributed by atoms with E-state index in [1.54, 1.807) is 12.1 Å². The van der Waals surface area contributed by atoms with Gasteiger partial charge >= 0.3 is 0 Å². The van der Waals surface area contributed by atoms with Crippen molar-refractivity contribution in [1.82, 2.24) is 20.2 Å². The number of halogens is 1. The highest BCUT2D eigenvalue weighted by molar-refractivity contribution is 6.03. The minimum Gasteiger partial charge on any atom is -0.338 e. The molecule has 0 unspecified atom stereocenters. The second-order valence-corrected chi connectivity index (χ2v) is 5.62. The van der Waals surface area contributed by atoms with Gasteiger partial charge in [-0.05, 0) is 41.8 Å². The van der Waals surface area contributed by atoms with Crippen LogP contribution in [0.4, 0.5) is 10.3 Å². The Labute approximate surface area is 142 Å². The lowest BCUT2D eigenvalue weighted by Gasteiger charge is -1.98. The van der Waals surface area contributed by atoms with Crippen LogP contribution in [-0.2, 0) is 6.42 Å². The number of aromatic amines is 1. The van der Waals surface area contributed by atoms with E-state index in [4.69, 9.17) is 0 Å². The van der Waals surface area contributed by atoms with Crippen LogP contribution in [0.2, 0.25) is 0 Å². The number of anilines is 1. The van der Waals surface area contributed by atoms with Gasteiger partial charge in [-0.2, -0.15) is 10.1 Å². The van der Waals surface area contributed by atoms with Crippen molar-refractivity contribution in [3.8, 4) is 0 Å². The maximum absolute atomic E-state index is 13.1. The summed E-state index contributed by atoms with van der Waals surface area (Å²) in [6, 6.07) is 12.3. The highest BCUT2D eigenvalue weighted by Crippen LogP contribution is 2.23. The van der Waals surface area contributed by atoms with E-state index in [-0.39, 0.29) is 11.8 Å². The Bertz CT molecular complexity index is 1090. The molecule has 0 amide bonds. The fourth-order valence-corrected chi connectivity index (χ4v) is 2.64. The topological polar surface area (TPSA) is 78.9 Å². The van der Waals surface area contributed by atoms with Crippen molar-refractivity contribution in [2.24, 2.45) is 5.10 Å². The molecule has 2 heterocycles. The van der Waals surface area contributed by atoms with Crippen molar-refractivity contribution in [1.29, 1.82) is 0 Å². The van der Waals surface area contributed by atoms with Crippen molar-refractivity contribution in [3.05, 3.63) is 59.4 Å². The first-order valence-electron chi connectivity index (χ1n) is 7.92. The molecule has 0 saturated heterocycles. The third-order valence-corrected chi connectivity index (χ3v) is 3.91. The molecule has 0 saturated carbocycles. The van der Waals surface area contributed by atoms with Crippen molar-refractivity contribution in [2.75, 3.05) is 5.43 Å². The number of hydrazone groups is 1. The number of aryl methyl sites for hydroxylation is 1. The van der Waals surface area contributed by atoms with Gasteiger partial charge in [-0.1, -0.05) is 25.1 Å². The molecular weight excluding hydrogens is 319 g/mol. The summed E-state index contributed by atoms with van der Waals surface area (Å²) in [6.45, 7) is 2.11. The number of aromatic nitrogens is 4. The Morgan fingerprint density at radius 2 is 2.12 bits per heavy atom. The van der Waals surface area contributed by atoms with Gasteiger partial charge in [-0.25, -0.2) is 9.82 Å². The van der Waals surface area contributed by atoms with Gasteiger partial charge in [0.15, 0.2) is 5.65 Å². The van der Waals surface area contributed by atoms with Gasteiger partial charge in [0.2, 0.25) is 0 Å². The van der Waals surface area contributed by atoms with Crippen LogP contribution in [0.3, 0.4) is 0 Å². The third-order valence-electron chi connectivity index (χ3n) is 3.91. The summed E-state index contributed by atoms with van der Waals surface area (Å²) >= 11 is 0. The van der Waals surface area contributed by atoms with E-state index in [0.29, 0.717) is 11.2 Å². The summed E-state index contributed by atoms with van der Waals surface area (Å²) in [5.41, 5.74) is 6.92. The lowest BCUT2D eigenvalue weighted by Crippen LogP contribution is -1.99. The normalized spacial score (nSPS) is 11.6. The number of nitrogens with one attached hydrogen (secondary N) is 2. The molecule has 2 aromatic heterocycles. The van der Waals surface area contributed by atoms with Gasteiger partial charge in [0.25, 0.3) is 5.95 Å². The Balaban J connectivity index is 1.61. The zero-order valence-electron chi connectivity index (χ0n) is 13.5. The smallest absolute Gasteiger partial charge is 0.265 e. The Morgan fingerprint density at radius 1 is 1.20 bits per heavy atom. The van der Waals surface area contributed by atoms with E-state index < -0.39 is 0 Å². The van der Waals surface area contributed by atoms with E-state index in [9.17, 15) is 4.39 Å². The molecule has 0 spiro atoms. The molecule has 2 N–H and O–H groups in total. The van der Waals surface area contributed by atoms with Gasteiger partial charge in [-0.15, -0.1) is 10.2 Å². The van der Waals surface area contributed by atoms with Gasteiger partial charge < -0.3 is 4.98 Å². The molecule has 2 aromatic carbocycles. The first kappa shape index (κ1) is 15.2. The van der Waals surface area contributed by atoms with E-state index in [1.165, 1.54) is 23.9 Å². The molecule has 0 aliphatic heterocycles. The van der Waals surface area contributed by atoms with E-state index in [2.05, 4.69) is 49.7 Å². The van der Waals surface area contributed by atoms with Gasteiger partial charge in [0.05, 0.1) is 6.21 Å². The van der Waals surface area contributed by atoms with Crippen molar-refractivity contribution in [3.63, 3.8) is 0 Å². The Hall–Kier alpha value is -3.35. The molecule has 0 aliphatic rings. The first-order chi connectivity index (χ1) is 12.2. The van der Waals surface area contributed by atoms with E-state index >= 15 is 0 Å². The highest BCUT2D eigenvalue weighted by atomic mass is 19.1. The van der Waals surface area contributed by atoms with Crippen LogP contribution >= 0.6 is 0 Å². The number of H-pyrrole nitrogens is 1. The molecule has 0 bridgehead atoms. The summed E-state index contributed by atoms with van der Waals surface area (Å²) in [7, 11) is 0. The fourth-order valence-electron chi connectivity index (χ4n) is 2.64. The number of benzene rings is 2. The van der Waals surface area contributed by atoms with Crippen molar-refractivity contribution >= 4 is 34.2 Å². The highest BCUT2D eigenvalue weighted by Gasteiger charge is 2.09. The SMILES string of the molecule is CCc1ccc2[nH]c3nc(N/N=C\c4cccc(F)c4)nnc3c2c1. The summed E-state index contributed by atoms with van der Waals surface area (Å²) < 4.78 is 13.1. The van der Waals surface area contributed by atoms with Crippen LogP contribution in [0.5, 0.6) is 0 Å². The quantitative estimate of drug-likeness (QED) is 0.441. The molecule has 7 heteroatoms. The maximum atomic E-state index is 13.1. The first-order valence-corrected chi connectivity index (χ1v) is 7.92. The molecular formula is C18H15FN6. The maximum Gasteiger partial charge on any atom is 0.265 e. The standard InChI is InChI=1S/C18H15FN6/c1-2-11-6-7-15-14(9-11)16-17(21-15)22-18(25-23-16)24-20-10-12-4-3-5-13(19)8-12/h3-10H,2H2,1H3,(H2,21,22,24,25)/b20-10-. The van der Waals surface area contributed by atoms with Crippen LogP contribution < -0.4 is 5.43 Å². The number of hydrogen-bond donors (Lipinski definition) is 2. The molecule has 0 atom stereocenters. The predicted octanol–water partition coefficient (Wildman–Crippen LogP) is 3.65. The molecule has 6 nitrogen and oxygen atoms in total. The van der Waals surface area contributed by atoms with Gasteiger partial charge in [0.1, 0.15) is 11.3 Å². The summed E-state index contributed by atoms with van der Waals surface area (Å²) in [4.78, 5) is 7.62. The Morgan fingerprint density at radius 3 is 2.96 bits per heavy atom. The predicted molar refractivity (Wildman–Crippen MR) is 96.2 cm³/mol. The lowest BCUT2D eigenvalue weighted by atomic mass is 10.1. The molecule has 0 aliphatic carbocycles. The van der Waals surface area contributed by atoms with Gasteiger partial charge in [-0.3, -0.25) is 0 Å².